The summed E-state index contributed by atoms with van der Waals surface area (Å²) in [6, 6.07) is -1.02. The van der Waals surface area contributed by atoms with E-state index in [1.807, 2.05) is 0 Å². The van der Waals surface area contributed by atoms with Gasteiger partial charge in [-0.25, -0.2) is 0 Å². The Labute approximate surface area is 70.7 Å². The fraction of sp³-hybridized carbons (Fsp3) is 0.200. The summed E-state index contributed by atoms with van der Waals surface area (Å²) < 4.78 is 0.507. The van der Waals surface area contributed by atoms with E-state index in [1.54, 1.807) is 0 Å². The van der Waals surface area contributed by atoms with E-state index in [4.69, 9.17) is 10.8 Å². The van der Waals surface area contributed by atoms with Gasteiger partial charge in [0.05, 0.1) is 6.20 Å². The molecule has 0 fully saturated rings. The zero-order valence-corrected chi connectivity index (χ0v) is 7.00. The summed E-state index contributed by atoms with van der Waals surface area (Å²) >= 11 is 3.07. The lowest BCUT2D eigenvalue weighted by Crippen LogP contribution is -2.20. The molecule has 0 spiro atoms. The number of rotatable bonds is 2. The number of aliphatic carboxylic acids is 1. The summed E-state index contributed by atoms with van der Waals surface area (Å²) in [5, 5.41) is 14.6. The van der Waals surface area contributed by atoms with Crippen molar-refractivity contribution in [2.24, 2.45) is 5.73 Å². The van der Waals surface area contributed by atoms with Crippen LogP contribution in [-0.4, -0.2) is 21.3 Å². The maximum atomic E-state index is 10.4. The molecule has 5 nitrogen and oxygen atoms in total. The highest BCUT2D eigenvalue weighted by Gasteiger charge is 2.18. The van der Waals surface area contributed by atoms with Crippen molar-refractivity contribution in [3.05, 3.63) is 16.4 Å². The standard InChI is InChI=1S/C5H6BrN3O2/c6-4-2(1-8-9-4)3(7)5(10)11/h1,3H,7H2,(H,8,9)(H,10,11). The Kier molecular flexibility index (Phi) is 2.25. The van der Waals surface area contributed by atoms with Crippen molar-refractivity contribution in [2.75, 3.05) is 0 Å². The minimum Gasteiger partial charge on any atom is -0.480 e. The molecular formula is C5H6BrN3O2. The van der Waals surface area contributed by atoms with Gasteiger partial charge in [-0.2, -0.15) is 5.10 Å². The van der Waals surface area contributed by atoms with Crippen LogP contribution in [0.2, 0.25) is 0 Å². The maximum Gasteiger partial charge on any atom is 0.325 e. The summed E-state index contributed by atoms with van der Waals surface area (Å²) in [5.41, 5.74) is 5.74. The van der Waals surface area contributed by atoms with Crippen LogP contribution in [-0.2, 0) is 4.79 Å². The number of hydrogen-bond donors (Lipinski definition) is 3. The highest BCUT2D eigenvalue weighted by atomic mass is 79.9. The van der Waals surface area contributed by atoms with Crippen molar-refractivity contribution in [3.63, 3.8) is 0 Å². The highest BCUT2D eigenvalue weighted by molar-refractivity contribution is 9.10. The van der Waals surface area contributed by atoms with Crippen molar-refractivity contribution in [1.82, 2.24) is 10.2 Å². The molecule has 1 atom stereocenters. The largest absolute Gasteiger partial charge is 0.480 e. The highest BCUT2D eigenvalue weighted by Crippen LogP contribution is 2.18. The number of carboxylic acid groups (broad SMARTS) is 1. The van der Waals surface area contributed by atoms with Crippen molar-refractivity contribution >= 4 is 21.9 Å². The molecule has 0 aliphatic rings. The molecule has 1 aromatic heterocycles. The number of aromatic amines is 1. The SMILES string of the molecule is NC(C(=O)O)c1cn[nH]c1Br. The molecule has 0 amide bonds. The summed E-state index contributed by atoms with van der Waals surface area (Å²) in [6.45, 7) is 0. The molecule has 1 heterocycles. The molecule has 1 rings (SSSR count). The third-order valence-electron chi connectivity index (χ3n) is 1.22. The third-order valence-corrected chi connectivity index (χ3v) is 1.86. The Hall–Kier alpha value is -0.880. The Balaban J connectivity index is 2.92. The van der Waals surface area contributed by atoms with E-state index in [9.17, 15) is 4.79 Å². The molecule has 0 saturated carbocycles. The summed E-state index contributed by atoms with van der Waals surface area (Å²) in [4.78, 5) is 10.4. The number of nitrogens with one attached hydrogen (secondary N) is 1. The lowest BCUT2D eigenvalue weighted by molar-refractivity contribution is -0.138. The Morgan fingerprint density at radius 3 is 2.91 bits per heavy atom. The van der Waals surface area contributed by atoms with Gasteiger partial charge < -0.3 is 10.8 Å². The number of carboxylic acids is 1. The molecular weight excluding hydrogens is 214 g/mol. The smallest absolute Gasteiger partial charge is 0.325 e. The van der Waals surface area contributed by atoms with Gasteiger partial charge >= 0.3 is 5.97 Å². The van der Waals surface area contributed by atoms with Crippen LogP contribution in [0.15, 0.2) is 10.8 Å². The molecule has 0 radical (unpaired) electrons. The molecule has 0 aliphatic carbocycles. The molecule has 0 bridgehead atoms. The van der Waals surface area contributed by atoms with E-state index in [0.717, 1.165) is 0 Å². The first-order valence-electron chi connectivity index (χ1n) is 2.80. The van der Waals surface area contributed by atoms with Crippen LogP contribution in [0, 0.1) is 0 Å². The number of H-pyrrole nitrogens is 1. The van der Waals surface area contributed by atoms with E-state index in [-0.39, 0.29) is 0 Å². The van der Waals surface area contributed by atoms with Crippen molar-refractivity contribution in [1.29, 1.82) is 0 Å². The topological polar surface area (TPSA) is 92.0 Å². The number of hydrogen-bond acceptors (Lipinski definition) is 3. The molecule has 0 aliphatic heterocycles. The third kappa shape index (κ3) is 1.58. The molecule has 4 N–H and O–H groups in total. The average Bonchev–Trinajstić information content (AvgIpc) is 2.33. The lowest BCUT2D eigenvalue weighted by Gasteiger charge is -2.01. The van der Waals surface area contributed by atoms with Crippen molar-refractivity contribution in [2.45, 2.75) is 6.04 Å². The number of carbonyl (C=O) groups is 1. The number of halogens is 1. The molecule has 11 heavy (non-hydrogen) atoms. The molecule has 1 aromatic rings. The van der Waals surface area contributed by atoms with Crippen LogP contribution in [0.25, 0.3) is 0 Å². The van der Waals surface area contributed by atoms with Crippen LogP contribution >= 0.6 is 15.9 Å². The van der Waals surface area contributed by atoms with E-state index < -0.39 is 12.0 Å². The zero-order valence-electron chi connectivity index (χ0n) is 5.41. The summed E-state index contributed by atoms with van der Waals surface area (Å²) in [7, 11) is 0. The van der Waals surface area contributed by atoms with E-state index in [1.165, 1.54) is 6.20 Å². The van der Waals surface area contributed by atoms with Gasteiger partial charge in [-0.15, -0.1) is 0 Å². The first-order valence-corrected chi connectivity index (χ1v) is 3.59. The molecule has 6 heteroatoms. The van der Waals surface area contributed by atoms with Gasteiger partial charge in [0, 0.05) is 5.56 Å². The first kappa shape index (κ1) is 8.22. The fourth-order valence-corrected chi connectivity index (χ4v) is 1.08. The normalized spacial score (nSPS) is 12.9. The zero-order chi connectivity index (χ0) is 8.43. The van der Waals surface area contributed by atoms with Crippen LogP contribution in [0.5, 0.6) is 0 Å². The van der Waals surface area contributed by atoms with Gasteiger partial charge in [-0.1, -0.05) is 0 Å². The van der Waals surface area contributed by atoms with Crippen LogP contribution in [0.1, 0.15) is 11.6 Å². The molecule has 60 valence electrons. The Bertz CT molecular complexity index is 272. The summed E-state index contributed by atoms with van der Waals surface area (Å²) in [6.07, 6.45) is 1.38. The van der Waals surface area contributed by atoms with Gasteiger partial charge in [0.1, 0.15) is 10.6 Å². The minimum absolute atomic E-state index is 0.442. The second-order valence-electron chi connectivity index (χ2n) is 1.96. The monoisotopic (exact) mass is 219 g/mol. The predicted octanol–water partition coefficient (Wildman–Crippen LogP) is 0.257. The first-order chi connectivity index (χ1) is 5.13. The van der Waals surface area contributed by atoms with E-state index in [2.05, 4.69) is 26.1 Å². The van der Waals surface area contributed by atoms with Gasteiger partial charge in [0.25, 0.3) is 0 Å². The number of aromatic nitrogens is 2. The van der Waals surface area contributed by atoms with Gasteiger partial charge in [0.15, 0.2) is 0 Å². The number of nitrogens with two attached hydrogens (primary N) is 1. The quantitative estimate of drug-likeness (QED) is 0.666. The van der Waals surface area contributed by atoms with Gasteiger partial charge in [-0.05, 0) is 15.9 Å². The van der Waals surface area contributed by atoms with Crippen molar-refractivity contribution < 1.29 is 9.90 Å². The Morgan fingerprint density at radius 2 is 2.55 bits per heavy atom. The molecule has 1 unspecified atom stereocenters. The van der Waals surface area contributed by atoms with Gasteiger partial charge in [-0.3, -0.25) is 9.89 Å². The Morgan fingerprint density at radius 1 is 1.91 bits per heavy atom. The molecule has 0 aromatic carbocycles. The van der Waals surface area contributed by atoms with Crippen molar-refractivity contribution in [3.8, 4) is 0 Å². The van der Waals surface area contributed by atoms with Gasteiger partial charge in [0.2, 0.25) is 0 Å². The second-order valence-corrected chi connectivity index (χ2v) is 2.75. The maximum absolute atomic E-state index is 10.4. The average molecular weight is 220 g/mol. The summed E-state index contributed by atoms with van der Waals surface area (Å²) in [5.74, 6) is -1.08. The van der Waals surface area contributed by atoms with Crippen LogP contribution < -0.4 is 5.73 Å². The second kappa shape index (κ2) is 3.02. The minimum atomic E-state index is -1.08. The van der Waals surface area contributed by atoms with E-state index >= 15 is 0 Å². The van der Waals surface area contributed by atoms with Crippen LogP contribution in [0.4, 0.5) is 0 Å². The van der Waals surface area contributed by atoms with E-state index in [0.29, 0.717) is 10.2 Å². The predicted molar refractivity (Wildman–Crippen MR) is 40.9 cm³/mol. The number of nitrogens with zero attached hydrogens (tertiary/aromatic N) is 1. The van der Waals surface area contributed by atoms with Crippen LogP contribution in [0.3, 0.4) is 0 Å². The lowest BCUT2D eigenvalue weighted by atomic mass is 10.2. The fourth-order valence-electron chi connectivity index (χ4n) is 0.630. The molecule has 0 saturated heterocycles.